The molecule has 1 aromatic heterocycles. The lowest BCUT2D eigenvalue weighted by molar-refractivity contribution is -0.120. The van der Waals surface area contributed by atoms with Gasteiger partial charge in [-0.25, -0.2) is 8.42 Å². The van der Waals surface area contributed by atoms with Crippen molar-refractivity contribution in [3.8, 4) is 11.1 Å². The minimum absolute atomic E-state index is 0.0787. The van der Waals surface area contributed by atoms with Crippen molar-refractivity contribution >= 4 is 26.6 Å². The van der Waals surface area contributed by atoms with Gasteiger partial charge in [-0.05, 0) is 66.3 Å². The van der Waals surface area contributed by atoms with Gasteiger partial charge in [0.1, 0.15) is 5.78 Å². The zero-order valence-electron chi connectivity index (χ0n) is 18.7. The third-order valence-electron chi connectivity index (χ3n) is 6.71. The number of aryl methyl sites for hydroxylation is 1. The molecule has 1 aliphatic carbocycles. The molecule has 168 valence electrons. The van der Waals surface area contributed by atoms with Crippen molar-refractivity contribution in [3.63, 3.8) is 0 Å². The van der Waals surface area contributed by atoms with Crippen LogP contribution in [0.15, 0.2) is 76.1 Å². The van der Waals surface area contributed by atoms with E-state index in [1.807, 2.05) is 61.5 Å². The van der Waals surface area contributed by atoms with Crippen molar-refractivity contribution in [2.75, 3.05) is 5.75 Å². The van der Waals surface area contributed by atoms with E-state index >= 15 is 0 Å². The maximum Gasteiger partial charge on any atom is 0.178 e. The number of hydrogen-bond acceptors (Lipinski definition) is 5. The highest BCUT2D eigenvalue weighted by molar-refractivity contribution is 7.91. The van der Waals surface area contributed by atoms with Gasteiger partial charge in [0.15, 0.2) is 15.4 Å². The predicted molar refractivity (Wildman–Crippen MR) is 128 cm³/mol. The molecular weight excluding hydrogens is 434 g/mol. The monoisotopic (exact) mass is 459 g/mol. The molecule has 0 spiro atoms. The molecule has 1 fully saturated rings. The molecule has 6 heteroatoms. The number of carbonyl (C=O) groups excluding carboxylic acids is 1. The molecule has 0 radical (unpaired) electrons. The summed E-state index contributed by atoms with van der Waals surface area (Å²) in [6.45, 7) is 3.55. The molecule has 0 atom stereocenters. The standard InChI is InChI=1S/C27H25NO4S/c1-3-33(30,31)23-10-7-20(8-11-23)21-6-4-5-19(15-21)16-26(29)27(13-14-27)22-9-12-25-24(17-22)18(2)28-32-25/h4-12,15,17H,3,13-14,16H2,1-2H3. The number of fused-ring (bicyclic) bond motifs is 1. The highest BCUT2D eigenvalue weighted by Crippen LogP contribution is 2.50. The van der Waals surface area contributed by atoms with Crippen LogP contribution in [0.2, 0.25) is 0 Å². The molecule has 1 heterocycles. The quantitative estimate of drug-likeness (QED) is 0.368. The summed E-state index contributed by atoms with van der Waals surface area (Å²) >= 11 is 0. The largest absolute Gasteiger partial charge is 0.356 e. The third-order valence-corrected chi connectivity index (χ3v) is 8.46. The Morgan fingerprint density at radius 3 is 2.45 bits per heavy atom. The van der Waals surface area contributed by atoms with Gasteiger partial charge in [-0.2, -0.15) is 0 Å². The highest BCUT2D eigenvalue weighted by Gasteiger charge is 2.50. The number of ketones is 1. The Labute approximate surface area is 193 Å². The van der Waals surface area contributed by atoms with Crippen LogP contribution in [0.1, 0.15) is 36.6 Å². The van der Waals surface area contributed by atoms with Crippen LogP contribution in [0.5, 0.6) is 0 Å². The first-order chi connectivity index (χ1) is 15.8. The Morgan fingerprint density at radius 2 is 1.76 bits per heavy atom. The smallest absolute Gasteiger partial charge is 0.178 e. The van der Waals surface area contributed by atoms with Crippen LogP contribution in [0.3, 0.4) is 0 Å². The highest BCUT2D eigenvalue weighted by atomic mass is 32.2. The molecule has 3 aromatic carbocycles. The molecule has 0 amide bonds. The van der Waals surface area contributed by atoms with Crippen LogP contribution in [0.25, 0.3) is 22.1 Å². The van der Waals surface area contributed by atoms with E-state index in [4.69, 9.17) is 4.52 Å². The molecule has 1 saturated carbocycles. The minimum Gasteiger partial charge on any atom is -0.356 e. The summed E-state index contributed by atoms with van der Waals surface area (Å²) in [6, 6.07) is 20.8. The van der Waals surface area contributed by atoms with E-state index in [0.29, 0.717) is 11.3 Å². The van der Waals surface area contributed by atoms with E-state index in [1.54, 1.807) is 19.1 Å². The molecule has 0 aliphatic heterocycles. The fourth-order valence-electron chi connectivity index (χ4n) is 4.45. The number of hydrogen-bond donors (Lipinski definition) is 0. The summed E-state index contributed by atoms with van der Waals surface area (Å²) in [6.07, 6.45) is 2.07. The molecule has 1 aliphatic rings. The topological polar surface area (TPSA) is 77.2 Å². The number of aromatic nitrogens is 1. The maximum atomic E-state index is 13.4. The third kappa shape index (κ3) is 3.89. The first-order valence-corrected chi connectivity index (χ1v) is 12.8. The van der Waals surface area contributed by atoms with Gasteiger partial charge in [0.25, 0.3) is 0 Å². The summed E-state index contributed by atoms with van der Waals surface area (Å²) < 4.78 is 29.5. The zero-order chi connectivity index (χ0) is 23.2. The molecule has 4 aromatic rings. The van der Waals surface area contributed by atoms with Crippen molar-refractivity contribution in [1.82, 2.24) is 5.16 Å². The minimum atomic E-state index is -3.22. The van der Waals surface area contributed by atoms with Crippen molar-refractivity contribution in [2.24, 2.45) is 0 Å². The number of carbonyl (C=O) groups is 1. The summed E-state index contributed by atoms with van der Waals surface area (Å²) in [5, 5.41) is 4.98. The molecular formula is C27H25NO4S. The van der Waals surface area contributed by atoms with E-state index in [-0.39, 0.29) is 11.5 Å². The number of Topliss-reactive ketones (excluding diaryl/α,β-unsaturated/α-hetero) is 1. The van der Waals surface area contributed by atoms with E-state index in [1.165, 1.54) is 0 Å². The van der Waals surface area contributed by atoms with E-state index in [2.05, 4.69) is 5.16 Å². The van der Waals surface area contributed by atoms with E-state index in [0.717, 1.165) is 51.8 Å². The van der Waals surface area contributed by atoms with E-state index in [9.17, 15) is 13.2 Å². The van der Waals surface area contributed by atoms with Gasteiger partial charge in [-0.1, -0.05) is 54.5 Å². The molecule has 0 unspecified atom stereocenters. The number of sulfone groups is 1. The van der Waals surface area contributed by atoms with Crippen LogP contribution in [0.4, 0.5) is 0 Å². The Hall–Kier alpha value is -3.25. The van der Waals surface area contributed by atoms with Gasteiger partial charge in [-0.3, -0.25) is 4.79 Å². The van der Waals surface area contributed by atoms with Gasteiger partial charge < -0.3 is 4.52 Å². The second-order valence-electron chi connectivity index (χ2n) is 8.79. The normalized spacial score (nSPS) is 15.0. The number of rotatable bonds is 7. The van der Waals surface area contributed by atoms with Gasteiger partial charge >= 0.3 is 0 Å². The molecule has 0 bridgehead atoms. The zero-order valence-corrected chi connectivity index (χ0v) is 19.5. The Kier molecular flexibility index (Phi) is 5.20. The van der Waals surface area contributed by atoms with Crippen LogP contribution in [0, 0.1) is 6.92 Å². The van der Waals surface area contributed by atoms with Crippen LogP contribution < -0.4 is 0 Å². The lowest BCUT2D eigenvalue weighted by Gasteiger charge is -2.15. The van der Waals surface area contributed by atoms with Crippen LogP contribution in [-0.4, -0.2) is 25.1 Å². The molecule has 5 rings (SSSR count). The van der Waals surface area contributed by atoms with Crippen molar-refractivity contribution in [3.05, 3.63) is 83.6 Å². The Balaban J connectivity index is 1.38. The SMILES string of the molecule is CCS(=O)(=O)c1ccc(-c2cccc(CC(=O)C3(c4ccc5onc(C)c5c4)CC3)c2)cc1. The summed E-state index contributed by atoms with van der Waals surface area (Å²) in [5.74, 6) is 0.299. The predicted octanol–water partition coefficient (Wildman–Crippen LogP) is 5.44. The first-order valence-electron chi connectivity index (χ1n) is 11.1. The van der Waals surface area contributed by atoms with Crippen molar-refractivity contribution in [2.45, 2.75) is 43.4 Å². The fourth-order valence-corrected chi connectivity index (χ4v) is 5.33. The Bertz CT molecular complexity index is 1460. The van der Waals surface area contributed by atoms with Crippen molar-refractivity contribution < 1.29 is 17.7 Å². The lowest BCUT2D eigenvalue weighted by Crippen LogP contribution is -2.22. The van der Waals surface area contributed by atoms with Crippen LogP contribution >= 0.6 is 0 Å². The lowest BCUT2D eigenvalue weighted by atomic mass is 9.87. The molecule has 0 saturated heterocycles. The van der Waals surface area contributed by atoms with Gasteiger partial charge in [0, 0.05) is 11.8 Å². The molecule has 33 heavy (non-hydrogen) atoms. The average molecular weight is 460 g/mol. The maximum absolute atomic E-state index is 13.4. The van der Waals surface area contributed by atoms with Crippen molar-refractivity contribution in [1.29, 1.82) is 0 Å². The summed E-state index contributed by atoms with van der Waals surface area (Å²) in [4.78, 5) is 13.7. The second kappa shape index (κ2) is 7.96. The van der Waals surface area contributed by atoms with Gasteiger partial charge in [-0.15, -0.1) is 0 Å². The molecule has 5 nitrogen and oxygen atoms in total. The summed E-state index contributed by atoms with van der Waals surface area (Å²) in [5.41, 5.74) is 5.03. The number of benzene rings is 3. The average Bonchev–Trinajstić information content (AvgIpc) is 3.57. The van der Waals surface area contributed by atoms with E-state index < -0.39 is 15.3 Å². The fraction of sp³-hybridized carbons (Fsp3) is 0.259. The Morgan fingerprint density at radius 1 is 1.00 bits per heavy atom. The second-order valence-corrected chi connectivity index (χ2v) is 11.1. The first kappa shape index (κ1) is 21.6. The number of nitrogens with zero attached hydrogens (tertiary/aromatic N) is 1. The summed E-state index contributed by atoms with van der Waals surface area (Å²) in [7, 11) is -3.22. The van der Waals surface area contributed by atoms with Gasteiger partial charge in [0.2, 0.25) is 0 Å². The van der Waals surface area contributed by atoms with Crippen LogP contribution in [-0.2, 0) is 26.5 Å². The van der Waals surface area contributed by atoms with Gasteiger partial charge in [0.05, 0.1) is 21.8 Å². The molecule has 0 N–H and O–H groups in total.